The summed E-state index contributed by atoms with van der Waals surface area (Å²) in [5.41, 5.74) is 0.951. The highest BCUT2D eigenvalue weighted by atomic mass is 79.9. The number of nitrogens with zero attached hydrogens (tertiary/aromatic N) is 1. The van der Waals surface area contributed by atoms with Gasteiger partial charge in [0.25, 0.3) is 0 Å². The summed E-state index contributed by atoms with van der Waals surface area (Å²) in [6, 6.07) is 1.43. The maximum atomic E-state index is 12.4. The van der Waals surface area contributed by atoms with Crippen molar-refractivity contribution >= 4 is 15.9 Å². The highest BCUT2D eigenvalue weighted by Crippen LogP contribution is 2.15. The SMILES string of the molecule is CCc1cc(F)ncc1Br. The second kappa shape index (κ2) is 3.10. The van der Waals surface area contributed by atoms with Crippen LogP contribution in [0.15, 0.2) is 16.7 Å². The molecule has 10 heavy (non-hydrogen) atoms. The quantitative estimate of drug-likeness (QED) is 0.640. The van der Waals surface area contributed by atoms with Crippen molar-refractivity contribution in [3.8, 4) is 0 Å². The van der Waals surface area contributed by atoms with Crippen LogP contribution in [-0.4, -0.2) is 4.98 Å². The van der Waals surface area contributed by atoms with Gasteiger partial charge in [0.05, 0.1) is 0 Å². The normalized spacial score (nSPS) is 9.90. The minimum atomic E-state index is -0.417. The molecule has 0 atom stereocenters. The average Bonchev–Trinajstić information content (AvgIpc) is 1.94. The molecular formula is C7H7BrFN. The highest BCUT2D eigenvalue weighted by Gasteiger charge is 1.98. The van der Waals surface area contributed by atoms with Gasteiger partial charge in [0.15, 0.2) is 0 Å². The van der Waals surface area contributed by atoms with Crippen molar-refractivity contribution in [1.29, 1.82) is 0 Å². The molecule has 1 nitrogen and oxygen atoms in total. The summed E-state index contributed by atoms with van der Waals surface area (Å²) in [6.45, 7) is 1.97. The fourth-order valence-corrected chi connectivity index (χ4v) is 1.22. The number of halogens is 2. The number of pyridine rings is 1. The molecule has 1 heterocycles. The van der Waals surface area contributed by atoms with Gasteiger partial charge in [-0.05, 0) is 34.0 Å². The molecule has 1 aromatic rings. The van der Waals surface area contributed by atoms with E-state index in [4.69, 9.17) is 0 Å². The van der Waals surface area contributed by atoms with Crippen molar-refractivity contribution in [2.75, 3.05) is 0 Å². The molecule has 0 N–H and O–H groups in total. The van der Waals surface area contributed by atoms with Gasteiger partial charge in [-0.15, -0.1) is 0 Å². The minimum Gasteiger partial charge on any atom is -0.227 e. The van der Waals surface area contributed by atoms with Crippen LogP contribution < -0.4 is 0 Å². The Morgan fingerprint density at radius 2 is 2.40 bits per heavy atom. The zero-order chi connectivity index (χ0) is 7.56. The summed E-state index contributed by atoms with van der Waals surface area (Å²) in [5, 5.41) is 0. The molecule has 0 aliphatic carbocycles. The molecule has 1 rings (SSSR count). The standard InChI is InChI=1S/C7H7BrFN/c1-2-5-3-7(9)10-4-6(5)8/h3-4H,2H2,1H3. The van der Waals surface area contributed by atoms with Crippen LogP contribution in [0.25, 0.3) is 0 Å². The number of rotatable bonds is 1. The molecule has 3 heteroatoms. The number of aryl methyl sites for hydroxylation is 1. The molecule has 0 unspecified atom stereocenters. The molecule has 0 spiro atoms. The van der Waals surface area contributed by atoms with Crippen LogP contribution in [0.3, 0.4) is 0 Å². The van der Waals surface area contributed by atoms with E-state index in [0.29, 0.717) is 0 Å². The van der Waals surface area contributed by atoms with Crippen LogP contribution in [0.2, 0.25) is 0 Å². The fourth-order valence-electron chi connectivity index (χ4n) is 0.722. The lowest BCUT2D eigenvalue weighted by Gasteiger charge is -1.97. The predicted octanol–water partition coefficient (Wildman–Crippen LogP) is 2.55. The van der Waals surface area contributed by atoms with Crippen LogP contribution in [0.5, 0.6) is 0 Å². The van der Waals surface area contributed by atoms with Crippen molar-refractivity contribution in [2.45, 2.75) is 13.3 Å². The summed E-state index contributed by atoms with van der Waals surface area (Å²) < 4.78 is 13.3. The third kappa shape index (κ3) is 1.53. The summed E-state index contributed by atoms with van der Waals surface area (Å²) in [7, 11) is 0. The number of hydrogen-bond acceptors (Lipinski definition) is 1. The monoisotopic (exact) mass is 203 g/mol. The van der Waals surface area contributed by atoms with Gasteiger partial charge in [0.1, 0.15) is 0 Å². The molecule has 0 radical (unpaired) electrons. The third-order valence-corrected chi connectivity index (χ3v) is 2.00. The lowest BCUT2D eigenvalue weighted by molar-refractivity contribution is 0.580. The van der Waals surface area contributed by atoms with Crippen molar-refractivity contribution in [3.05, 3.63) is 28.2 Å². The van der Waals surface area contributed by atoms with E-state index in [1.807, 2.05) is 6.92 Å². The Labute approximate surface area is 67.4 Å². The second-order valence-corrected chi connectivity index (χ2v) is 2.81. The first-order chi connectivity index (χ1) is 4.74. The van der Waals surface area contributed by atoms with Crippen molar-refractivity contribution in [2.24, 2.45) is 0 Å². The molecule has 0 bridgehead atoms. The molecular weight excluding hydrogens is 197 g/mol. The Bertz CT molecular complexity index is 237. The summed E-state index contributed by atoms with van der Waals surface area (Å²) >= 11 is 3.26. The predicted molar refractivity (Wildman–Crippen MR) is 41.3 cm³/mol. The first-order valence-electron chi connectivity index (χ1n) is 3.04. The second-order valence-electron chi connectivity index (χ2n) is 1.95. The van der Waals surface area contributed by atoms with E-state index in [1.165, 1.54) is 12.3 Å². The van der Waals surface area contributed by atoms with Crippen LogP contribution in [0.4, 0.5) is 4.39 Å². The Hall–Kier alpha value is -0.440. The molecule has 0 saturated heterocycles. The van der Waals surface area contributed by atoms with Crippen LogP contribution in [0.1, 0.15) is 12.5 Å². The van der Waals surface area contributed by atoms with Gasteiger partial charge in [-0.2, -0.15) is 4.39 Å². The molecule has 0 aliphatic heterocycles. The molecule has 0 aromatic carbocycles. The summed E-state index contributed by atoms with van der Waals surface area (Å²) in [6.07, 6.45) is 2.30. The van der Waals surface area contributed by atoms with Crippen molar-refractivity contribution < 1.29 is 4.39 Å². The molecule has 0 amide bonds. The molecule has 0 aliphatic rings. The van der Waals surface area contributed by atoms with Crippen molar-refractivity contribution in [1.82, 2.24) is 4.98 Å². The Morgan fingerprint density at radius 1 is 1.70 bits per heavy atom. The van der Waals surface area contributed by atoms with Crippen molar-refractivity contribution in [3.63, 3.8) is 0 Å². The average molecular weight is 204 g/mol. The maximum Gasteiger partial charge on any atom is 0.213 e. The van der Waals surface area contributed by atoms with E-state index in [-0.39, 0.29) is 0 Å². The topological polar surface area (TPSA) is 12.9 Å². The van der Waals surface area contributed by atoms with Gasteiger partial charge in [-0.25, -0.2) is 4.98 Å². The lowest BCUT2D eigenvalue weighted by Crippen LogP contribution is -1.87. The molecule has 0 fully saturated rings. The van der Waals surface area contributed by atoms with Gasteiger partial charge in [-0.1, -0.05) is 6.92 Å². The Kier molecular flexibility index (Phi) is 2.38. The largest absolute Gasteiger partial charge is 0.227 e. The maximum absolute atomic E-state index is 12.4. The van der Waals surface area contributed by atoms with E-state index in [2.05, 4.69) is 20.9 Å². The molecule has 1 aromatic heterocycles. The van der Waals surface area contributed by atoms with E-state index < -0.39 is 5.95 Å². The van der Waals surface area contributed by atoms with Gasteiger partial charge in [-0.3, -0.25) is 0 Å². The number of aromatic nitrogens is 1. The summed E-state index contributed by atoms with van der Waals surface area (Å²) in [5.74, 6) is -0.417. The third-order valence-electron chi connectivity index (χ3n) is 1.28. The molecule has 0 saturated carbocycles. The van der Waals surface area contributed by atoms with Gasteiger partial charge < -0.3 is 0 Å². The van der Waals surface area contributed by atoms with Crippen LogP contribution >= 0.6 is 15.9 Å². The number of hydrogen-bond donors (Lipinski definition) is 0. The molecule has 54 valence electrons. The first-order valence-corrected chi connectivity index (χ1v) is 3.83. The van der Waals surface area contributed by atoms with Crippen LogP contribution in [-0.2, 0) is 6.42 Å². The van der Waals surface area contributed by atoms with E-state index >= 15 is 0 Å². The minimum absolute atomic E-state index is 0.417. The van der Waals surface area contributed by atoms with E-state index in [9.17, 15) is 4.39 Å². The van der Waals surface area contributed by atoms with Gasteiger partial charge in [0, 0.05) is 10.7 Å². The summed E-state index contributed by atoms with van der Waals surface area (Å²) in [4.78, 5) is 3.47. The highest BCUT2D eigenvalue weighted by molar-refractivity contribution is 9.10. The zero-order valence-electron chi connectivity index (χ0n) is 5.56. The smallest absolute Gasteiger partial charge is 0.213 e. The van der Waals surface area contributed by atoms with Crippen LogP contribution in [0, 0.1) is 5.95 Å². The lowest BCUT2D eigenvalue weighted by atomic mass is 10.2. The van der Waals surface area contributed by atoms with Gasteiger partial charge >= 0.3 is 0 Å². The van der Waals surface area contributed by atoms with E-state index in [1.54, 1.807) is 0 Å². The van der Waals surface area contributed by atoms with E-state index in [0.717, 1.165) is 16.5 Å². The zero-order valence-corrected chi connectivity index (χ0v) is 7.15. The Morgan fingerprint density at radius 3 is 2.90 bits per heavy atom. The first kappa shape index (κ1) is 7.66. The fraction of sp³-hybridized carbons (Fsp3) is 0.286. The van der Waals surface area contributed by atoms with Gasteiger partial charge in [0.2, 0.25) is 5.95 Å². The Balaban J connectivity index is 3.09.